The van der Waals surface area contributed by atoms with E-state index in [1.165, 1.54) is 0 Å². The van der Waals surface area contributed by atoms with Crippen LogP contribution in [-0.2, 0) is 4.79 Å². The Kier molecular flexibility index (Phi) is 5.49. The molecule has 0 aromatic heterocycles. The predicted octanol–water partition coefficient (Wildman–Crippen LogP) is 2.09. The second kappa shape index (κ2) is 5.82. The Morgan fingerprint density at radius 2 is 2.07 bits per heavy atom. The molecule has 0 aromatic carbocycles. The van der Waals surface area contributed by atoms with Crippen molar-refractivity contribution in [2.75, 3.05) is 14.1 Å². The van der Waals surface area contributed by atoms with Gasteiger partial charge in [-0.3, -0.25) is 9.69 Å². The second-order valence-electron chi connectivity index (χ2n) is 4.00. The molecular weight excluding hydrogens is 174 g/mol. The largest absolute Gasteiger partial charge is 0.298 e. The highest BCUT2D eigenvalue weighted by Crippen LogP contribution is 2.20. The first-order chi connectivity index (χ1) is 6.49. The van der Waals surface area contributed by atoms with Gasteiger partial charge < -0.3 is 0 Å². The van der Waals surface area contributed by atoms with E-state index in [-0.39, 0.29) is 5.54 Å². The minimum atomic E-state index is -0.325. The Hall–Kier alpha value is -0.810. The zero-order chi connectivity index (χ0) is 11.2. The second-order valence-corrected chi connectivity index (χ2v) is 4.00. The number of nitrogens with zero attached hydrogens (tertiary/aromatic N) is 1. The number of rotatable bonds is 6. The van der Waals surface area contributed by atoms with Gasteiger partial charge >= 0.3 is 0 Å². The van der Waals surface area contributed by atoms with E-state index >= 15 is 0 Å². The van der Waals surface area contributed by atoms with Crippen molar-refractivity contribution >= 4 is 5.78 Å². The van der Waals surface area contributed by atoms with Crippen molar-refractivity contribution in [2.45, 2.75) is 45.1 Å². The predicted molar refractivity (Wildman–Crippen MR) is 60.1 cm³/mol. The zero-order valence-corrected chi connectivity index (χ0v) is 9.76. The number of ketones is 1. The number of likely N-dealkylation sites (N-methyl/N-ethyl adjacent to an activating group) is 1. The van der Waals surface area contributed by atoms with Gasteiger partial charge in [-0.05, 0) is 33.9 Å². The Morgan fingerprint density at radius 3 is 2.43 bits per heavy atom. The van der Waals surface area contributed by atoms with Gasteiger partial charge in [0, 0.05) is 12.8 Å². The van der Waals surface area contributed by atoms with Gasteiger partial charge in [-0.1, -0.05) is 6.92 Å². The summed E-state index contributed by atoms with van der Waals surface area (Å²) in [5.41, 5.74) is -0.325. The lowest BCUT2D eigenvalue weighted by atomic mass is 9.89. The number of hydrogen-bond donors (Lipinski definition) is 0. The van der Waals surface area contributed by atoms with E-state index in [9.17, 15) is 4.79 Å². The first-order valence-corrected chi connectivity index (χ1v) is 5.13. The highest BCUT2D eigenvalue weighted by atomic mass is 16.1. The fourth-order valence-electron chi connectivity index (χ4n) is 1.38. The molecule has 2 heteroatoms. The van der Waals surface area contributed by atoms with Crippen LogP contribution >= 0.6 is 0 Å². The highest BCUT2D eigenvalue weighted by Gasteiger charge is 2.32. The number of unbranched alkanes of at least 4 members (excludes halogenated alkanes) is 1. The molecule has 0 aliphatic heterocycles. The molecule has 0 saturated heterocycles. The Bertz CT molecular complexity index is 227. The fourth-order valence-corrected chi connectivity index (χ4v) is 1.38. The number of hydrogen-bond acceptors (Lipinski definition) is 2. The minimum absolute atomic E-state index is 0.292. The van der Waals surface area contributed by atoms with E-state index in [0.717, 1.165) is 12.8 Å². The normalized spacial score (nSPS) is 14.9. The molecule has 0 saturated carbocycles. The summed E-state index contributed by atoms with van der Waals surface area (Å²) >= 11 is 0. The van der Waals surface area contributed by atoms with Gasteiger partial charge in [0.1, 0.15) is 0 Å². The van der Waals surface area contributed by atoms with E-state index in [2.05, 4.69) is 5.92 Å². The maximum atomic E-state index is 11.9. The Balaban J connectivity index is 4.26. The molecule has 0 spiro atoms. The molecule has 0 aliphatic rings. The molecular formula is C12H21NO. The molecule has 0 N–H and O–H groups in total. The molecule has 1 unspecified atom stereocenters. The van der Waals surface area contributed by atoms with Crippen LogP contribution in [0.4, 0.5) is 0 Å². The van der Waals surface area contributed by atoms with E-state index in [4.69, 9.17) is 6.42 Å². The molecule has 0 aromatic rings. The fraction of sp³-hybridized carbons (Fsp3) is 0.750. The van der Waals surface area contributed by atoms with Crippen molar-refractivity contribution in [1.82, 2.24) is 4.90 Å². The van der Waals surface area contributed by atoms with Crippen molar-refractivity contribution in [1.29, 1.82) is 0 Å². The molecule has 80 valence electrons. The summed E-state index contributed by atoms with van der Waals surface area (Å²) < 4.78 is 0. The van der Waals surface area contributed by atoms with Crippen LogP contribution in [0.15, 0.2) is 0 Å². The summed E-state index contributed by atoms with van der Waals surface area (Å²) in [6.45, 7) is 4.03. The minimum Gasteiger partial charge on any atom is -0.298 e. The SMILES string of the molecule is C#CCCCC(=O)C(C)(CC)N(C)C. The van der Waals surface area contributed by atoms with Crippen molar-refractivity contribution < 1.29 is 4.79 Å². The molecule has 0 radical (unpaired) electrons. The van der Waals surface area contributed by atoms with Gasteiger partial charge in [0.2, 0.25) is 0 Å². The summed E-state index contributed by atoms with van der Waals surface area (Å²) in [4.78, 5) is 13.9. The molecule has 0 amide bonds. The van der Waals surface area contributed by atoms with Crippen LogP contribution in [-0.4, -0.2) is 30.3 Å². The lowest BCUT2D eigenvalue weighted by Crippen LogP contribution is -2.47. The number of carbonyl (C=O) groups excluding carboxylic acids is 1. The maximum Gasteiger partial charge on any atom is 0.152 e. The van der Waals surface area contributed by atoms with Gasteiger partial charge in [-0.15, -0.1) is 12.3 Å². The molecule has 2 nitrogen and oxygen atoms in total. The van der Waals surface area contributed by atoms with Crippen LogP contribution in [0.1, 0.15) is 39.5 Å². The lowest BCUT2D eigenvalue weighted by Gasteiger charge is -2.34. The lowest BCUT2D eigenvalue weighted by molar-refractivity contribution is -0.129. The summed E-state index contributed by atoms with van der Waals surface area (Å²) in [6, 6.07) is 0. The number of Topliss-reactive ketones (excluding diaryl/α,β-unsaturated/α-hetero) is 1. The summed E-state index contributed by atoms with van der Waals surface area (Å²) in [5, 5.41) is 0. The topological polar surface area (TPSA) is 20.3 Å². The van der Waals surface area contributed by atoms with Crippen LogP contribution in [0, 0.1) is 12.3 Å². The van der Waals surface area contributed by atoms with Gasteiger partial charge in [0.15, 0.2) is 5.78 Å². The number of carbonyl (C=O) groups is 1. The molecule has 0 fully saturated rings. The van der Waals surface area contributed by atoms with Crippen LogP contribution < -0.4 is 0 Å². The van der Waals surface area contributed by atoms with Crippen molar-refractivity contribution in [3.8, 4) is 12.3 Å². The van der Waals surface area contributed by atoms with Crippen LogP contribution in [0.2, 0.25) is 0 Å². The standard InChI is InChI=1S/C12H21NO/c1-6-8-9-10-11(14)12(3,7-2)13(4)5/h1H,7-10H2,2-5H3. The highest BCUT2D eigenvalue weighted by molar-refractivity contribution is 5.87. The molecule has 0 rings (SSSR count). The van der Waals surface area contributed by atoms with Crippen LogP contribution in [0.25, 0.3) is 0 Å². The smallest absolute Gasteiger partial charge is 0.152 e. The maximum absolute atomic E-state index is 11.9. The summed E-state index contributed by atoms with van der Waals surface area (Å²) in [5.74, 6) is 2.85. The van der Waals surface area contributed by atoms with Gasteiger partial charge in [0.25, 0.3) is 0 Å². The van der Waals surface area contributed by atoms with Gasteiger partial charge in [-0.25, -0.2) is 0 Å². The Morgan fingerprint density at radius 1 is 1.50 bits per heavy atom. The van der Waals surface area contributed by atoms with Gasteiger partial charge in [0.05, 0.1) is 5.54 Å². The first kappa shape index (κ1) is 13.2. The van der Waals surface area contributed by atoms with Crippen LogP contribution in [0.3, 0.4) is 0 Å². The van der Waals surface area contributed by atoms with Crippen molar-refractivity contribution in [3.05, 3.63) is 0 Å². The molecule has 14 heavy (non-hydrogen) atoms. The van der Waals surface area contributed by atoms with E-state index in [1.807, 2.05) is 32.8 Å². The number of terminal acetylenes is 1. The average molecular weight is 195 g/mol. The van der Waals surface area contributed by atoms with E-state index < -0.39 is 0 Å². The zero-order valence-electron chi connectivity index (χ0n) is 9.76. The van der Waals surface area contributed by atoms with Crippen molar-refractivity contribution in [3.63, 3.8) is 0 Å². The summed E-state index contributed by atoms with van der Waals surface area (Å²) in [6.07, 6.45) is 8.07. The summed E-state index contributed by atoms with van der Waals surface area (Å²) in [7, 11) is 3.89. The molecule has 0 aliphatic carbocycles. The first-order valence-electron chi connectivity index (χ1n) is 5.13. The van der Waals surface area contributed by atoms with Gasteiger partial charge in [-0.2, -0.15) is 0 Å². The third-order valence-corrected chi connectivity index (χ3v) is 3.00. The Labute approximate surface area is 87.7 Å². The quantitative estimate of drug-likeness (QED) is 0.478. The van der Waals surface area contributed by atoms with E-state index in [1.54, 1.807) is 0 Å². The monoisotopic (exact) mass is 195 g/mol. The third kappa shape index (κ3) is 3.16. The molecule has 0 heterocycles. The van der Waals surface area contributed by atoms with Crippen molar-refractivity contribution in [2.24, 2.45) is 0 Å². The molecule has 1 atom stereocenters. The van der Waals surface area contributed by atoms with E-state index in [0.29, 0.717) is 18.6 Å². The molecule has 0 bridgehead atoms. The average Bonchev–Trinajstić information content (AvgIpc) is 2.16. The van der Waals surface area contributed by atoms with Crippen LogP contribution in [0.5, 0.6) is 0 Å². The third-order valence-electron chi connectivity index (χ3n) is 3.00.